The third-order valence-corrected chi connectivity index (χ3v) is 4.03. The summed E-state index contributed by atoms with van der Waals surface area (Å²) >= 11 is 0. The second kappa shape index (κ2) is 4.33. The molecule has 92 valence electrons. The summed E-state index contributed by atoms with van der Waals surface area (Å²) in [5, 5.41) is 3.46. The van der Waals surface area contributed by atoms with E-state index in [0.29, 0.717) is 25.2 Å². The average molecular weight is 246 g/mol. The Kier molecular flexibility index (Phi) is 3.21. The van der Waals surface area contributed by atoms with Gasteiger partial charge in [0.2, 0.25) is 5.91 Å². The van der Waals surface area contributed by atoms with E-state index in [1.165, 1.54) is 6.42 Å². The number of likely N-dealkylation sites (tertiary alicyclic amines) is 1. The third kappa shape index (κ3) is 2.95. The minimum absolute atomic E-state index is 0.253. The molecule has 16 heavy (non-hydrogen) atoms. The largest absolute Gasteiger partial charge is 0.340 e. The van der Waals surface area contributed by atoms with Crippen LogP contribution in [-0.2, 0) is 14.6 Å². The molecule has 0 radical (unpaired) electrons. The van der Waals surface area contributed by atoms with Crippen LogP contribution in [0.5, 0.6) is 0 Å². The van der Waals surface area contributed by atoms with Crippen LogP contribution >= 0.6 is 0 Å². The van der Waals surface area contributed by atoms with Crippen LogP contribution in [0.25, 0.3) is 0 Å². The zero-order valence-electron chi connectivity index (χ0n) is 9.48. The van der Waals surface area contributed by atoms with Crippen molar-refractivity contribution >= 4 is 15.7 Å². The highest BCUT2D eigenvalue weighted by Crippen LogP contribution is 2.20. The summed E-state index contributed by atoms with van der Waals surface area (Å²) in [5.74, 6) is -0.610. The number of carbonyl (C=O) groups excluding carboxylic acids is 1. The normalized spacial score (nSPS) is 30.2. The quantitative estimate of drug-likeness (QED) is 0.705. The Morgan fingerprint density at radius 1 is 1.31 bits per heavy atom. The molecule has 0 aliphatic carbocycles. The summed E-state index contributed by atoms with van der Waals surface area (Å²) in [7, 11) is -3.21. The molecular formula is C10H18N2O3S. The van der Waals surface area contributed by atoms with Gasteiger partial charge in [0.1, 0.15) is 5.75 Å². The summed E-state index contributed by atoms with van der Waals surface area (Å²) in [4.78, 5) is 13.5. The molecule has 2 unspecified atom stereocenters. The van der Waals surface area contributed by atoms with E-state index in [-0.39, 0.29) is 11.7 Å². The molecule has 0 saturated carbocycles. The Hall–Kier alpha value is -0.620. The first-order valence-corrected chi connectivity index (χ1v) is 7.71. The SMILES string of the molecule is CS(=O)(=O)CC(=O)N1CCC2CCC(C1)N2. The van der Waals surface area contributed by atoms with E-state index in [1.807, 2.05) is 0 Å². The van der Waals surface area contributed by atoms with Crippen molar-refractivity contribution in [2.24, 2.45) is 0 Å². The molecule has 6 heteroatoms. The van der Waals surface area contributed by atoms with Gasteiger partial charge in [0.05, 0.1) is 0 Å². The molecule has 0 spiro atoms. The van der Waals surface area contributed by atoms with Crippen molar-refractivity contribution in [3.63, 3.8) is 0 Å². The summed E-state index contributed by atoms with van der Waals surface area (Å²) in [6.07, 6.45) is 4.31. The van der Waals surface area contributed by atoms with Crippen molar-refractivity contribution in [1.29, 1.82) is 0 Å². The molecule has 2 fully saturated rings. The lowest BCUT2D eigenvalue weighted by Gasteiger charge is -2.23. The first-order valence-electron chi connectivity index (χ1n) is 5.65. The number of amides is 1. The zero-order valence-corrected chi connectivity index (χ0v) is 10.3. The standard InChI is InChI=1S/C10H18N2O3S/c1-16(14,15)7-10(13)12-5-4-8-2-3-9(6-12)11-8/h8-9,11H,2-7H2,1H3. The molecule has 2 atom stereocenters. The van der Waals surface area contributed by atoms with Gasteiger partial charge in [-0.15, -0.1) is 0 Å². The highest BCUT2D eigenvalue weighted by atomic mass is 32.2. The molecule has 1 amide bonds. The van der Waals surface area contributed by atoms with Gasteiger partial charge in [-0.05, 0) is 19.3 Å². The molecule has 2 aliphatic rings. The van der Waals surface area contributed by atoms with E-state index >= 15 is 0 Å². The Balaban J connectivity index is 1.97. The Bertz CT molecular complexity index is 380. The van der Waals surface area contributed by atoms with Crippen LogP contribution in [0.4, 0.5) is 0 Å². The molecule has 2 aliphatic heterocycles. The zero-order chi connectivity index (χ0) is 11.8. The topological polar surface area (TPSA) is 66.5 Å². The first kappa shape index (κ1) is 11.9. The summed E-state index contributed by atoms with van der Waals surface area (Å²) in [6.45, 7) is 1.34. The van der Waals surface area contributed by atoms with Crippen molar-refractivity contribution in [3.05, 3.63) is 0 Å². The maximum atomic E-state index is 11.8. The molecule has 0 aromatic heterocycles. The molecule has 0 aromatic carbocycles. The van der Waals surface area contributed by atoms with Crippen LogP contribution in [0, 0.1) is 0 Å². The fourth-order valence-corrected chi connectivity index (χ4v) is 3.12. The maximum Gasteiger partial charge on any atom is 0.237 e. The fourth-order valence-electron chi connectivity index (χ4n) is 2.49. The maximum absolute atomic E-state index is 11.8. The van der Waals surface area contributed by atoms with E-state index in [9.17, 15) is 13.2 Å². The van der Waals surface area contributed by atoms with E-state index < -0.39 is 9.84 Å². The minimum Gasteiger partial charge on any atom is -0.340 e. The number of carbonyl (C=O) groups is 1. The van der Waals surface area contributed by atoms with E-state index in [1.54, 1.807) is 4.90 Å². The molecule has 0 aromatic rings. The van der Waals surface area contributed by atoms with Gasteiger partial charge in [0.25, 0.3) is 0 Å². The number of nitrogens with one attached hydrogen (secondary N) is 1. The van der Waals surface area contributed by atoms with E-state index in [0.717, 1.165) is 19.1 Å². The molecule has 5 nitrogen and oxygen atoms in total. The second-order valence-electron chi connectivity index (χ2n) is 4.84. The van der Waals surface area contributed by atoms with Crippen molar-refractivity contribution in [2.45, 2.75) is 31.3 Å². The summed E-state index contributed by atoms with van der Waals surface area (Å²) in [6, 6.07) is 0.872. The highest BCUT2D eigenvalue weighted by Gasteiger charge is 2.31. The van der Waals surface area contributed by atoms with Crippen molar-refractivity contribution in [1.82, 2.24) is 10.2 Å². The number of fused-ring (bicyclic) bond motifs is 2. The number of nitrogens with zero attached hydrogens (tertiary/aromatic N) is 1. The van der Waals surface area contributed by atoms with Crippen molar-refractivity contribution in [3.8, 4) is 0 Å². The number of sulfone groups is 1. The predicted octanol–water partition coefficient (Wildman–Crippen LogP) is -0.616. The molecule has 2 heterocycles. The van der Waals surface area contributed by atoms with E-state index in [4.69, 9.17) is 0 Å². The van der Waals surface area contributed by atoms with Gasteiger partial charge < -0.3 is 10.2 Å². The Morgan fingerprint density at radius 2 is 2.00 bits per heavy atom. The van der Waals surface area contributed by atoms with Crippen LogP contribution in [0.1, 0.15) is 19.3 Å². The molecule has 1 N–H and O–H groups in total. The molecule has 2 saturated heterocycles. The highest BCUT2D eigenvalue weighted by molar-refractivity contribution is 7.91. The van der Waals surface area contributed by atoms with Crippen LogP contribution in [0.2, 0.25) is 0 Å². The van der Waals surface area contributed by atoms with Crippen LogP contribution in [0.15, 0.2) is 0 Å². The van der Waals surface area contributed by atoms with Gasteiger partial charge in [-0.25, -0.2) is 8.42 Å². The monoisotopic (exact) mass is 246 g/mol. The lowest BCUT2D eigenvalue weighted by molar-refractivity contribution is -0.128. The number of rotatable bonds is 2. The predicted molar refractivity (Wildman–Crippen MR) is 60.9 cm³/mol. The third-order valence-electron chi connectivity index (χ3n) is 3.26. The Labute approximate surface area is 96.1 Å². The van der Waals surface area contributed by atoms with Crippen LogP contribution in [0.3, 0.4) is 0 Å². The summed E-state index contributed by atoms with van der Waals surface area (Å²) in [5.41, 5.74) is 0. The van der Waals surface area contributed by atoms with Crippen molar-refractivity contribution < 1.29 is 13.2 Å². The minimum atomic E-state index is -3.21. The number of hydrogen-bond donors (Lipinski definition) is 1. The van der Waals surface area contributed by atoms with E-state index in [2.05, 4.69) is 5.32 Å². The molecule has 2 rings (SSSR count). The lowest BCUT2D eigenvalue weighted by Crippen LogP contribution is -2.41. The molecule has 2 bridgehead atoms. The Morgan fingerprint density at radius 3 is 2.69 bits per heavy atom. The van der Waals surface area contributed by atoms with Gasteiger partial charge in [0.15, 0.2) is 9.84 Å². The summed E-state index contributed by atoms with van der Waals surface area (Å²) < 4.78 is 22.1. The van der Waals surface area contributed by atoms with Gasteiger partial charge >= 0.3 is 0 Å². The lowest BCUT2D eigenvalue weighted by atomic mass is 10.1. The van der Waals surface area contributed by atoms with Crippen LogP contribution < -0.4 is 5.32 Å². The molecular weight excluding hydrogens is 228 g/mol. The smallest absolute Gasteiger partial charge is 0.237 e. The van der Waals surface area contributed by atoms with Crippen LogP contribution in [-0.4, -0.2) is 56.4 Å². The number of hydrogen-bond acceptors (Lipinski definition) is 4. The average Bonchev–Trinajstić information content (AvgIpc) is 2.42. The van der Waals surface area contributed by atoms with Gasteiger partial charge in [0, 0.05) is 31.4 Å². The van der Waals surface area contributed by atoms with Crippen molar-refractivity contribution in [2.75, 3.05) is 25.1 Å². The second-order valence-corrected chi connectivity index (χ2v) is 6.98. The van der Waals surface area contributed by atoms with Gasteiger partial charge in [-0.2, -0.15) is 0 Å². The van der Waals surface area contributed by atoms with Gasteiger partial charge in [-0.1, -0.05) is 0 Å². The fraction of sp³-hybridized carbons (Fsp3) is 0.900. The first-order chi connectivity index (χ1) is 7.44. The van der Waals surface area contributed by atoms with Gasteiger partial charge in [-0.3, -0.25) is 4.79 Å².